The third-order valence-corrected chi connectivity index (χ3v) is 3.83. The van der Waals surface area contributed by atoms with Crippen LogP contribution in [0.4, 0.5) is 4.39 Å². The van der Waals surface area contributed by atoms with E-state index in [-0.39, 0.29) is 24.0 Å². The summed E-state index contributed by atoms with van der Waals surface area (Å²) in [5, 5.41) is 17.5. The van der Waals surface area contributed by atoms with E-state index in [1.54, 1.807) is 6.92 Å². The van der Waals surface area contributed by atoms with Gasteiger partial charge in [-0.25, -0.2) is 22.3 Å². The van der Waals surface area contributed by atoms with Crippen molar-refractivity contribution in [1.29, 1.82) is 0 Å². The van der Waals surface area contributed by atoms with Crippen molar-refractivity contribution >= 4 is 16.0 Å². The molecular formula is C11H14FNO5S. The Labute approximate surface area is 109 Å². The van der Waals surface area contributed by atoms with Gasteiger partial charge in [-0.05, 0) is 24.1 Å². The van der Waals surface area contributed by atoms with E-state index in [0.29, 0.717) is 0 Å². The average molecular weight is 291 g/mol. The van der Waals surface area contributed by atoms with E-state index in [2.05, 4.69) is 4.72 Å². The number of nitrogens with one attached hydrogen (secondary N) is 1. The molecule has 8 heteroatoms. The summed E-state index contributed by atoms with van der Waals surface area (Å²) in [4.78, 5) is 10.4. The maximum Gasteiger partial charge on any atom is 0.338 e. The van der Waals surface area contributed by atoms with Crippen molar-refractivity contribution in [3.05, 3.63) is 29.6 Å². The summed E-state index contributed by atoms with van der Waals surface area (Å²) in [6.45, 7) is 1.45. The van der Waals surface area contributed by atoms with Crippen LogP contribution >= 0.6 is 0 Å². The minimum atomic E-state index is -3.93. The SMILES string of the molecule is CC(CO)CNS(=O)(=O)c1ccc(F)c(C(=O)O)c1. The summed E-state index contributed by atoms with van der Waals surface area (Å²) in [6, 6.07) is 2.52. The Hall–Kier alpha value is -1.51. The zero-order valence-corrected chi connectivity index (χ0v) is 10.9. The molecule has 0 spiro atoms. The average Bonchev–Trinajstić information content (AvgIpc) is 2.35. The largest absolute Gasteiger partial charge is 0.478 e. The molecule has 19 heavy (non-hydrogen) atoms. The first kappa shape index (κ1) is 15.5. The van der Waals surface area contributed by atoms with E-state index < -0.39 is 27.4 Å². The molecule has 0 amide bonds. The summed E-state index contributed by atoms with van der Waals surface area (Å²) in [5.41, 5.74) is -0.710. The number of sulfonamides is 1. The number of halogens is 1. The highest BCUT2D eigenvalue weighted by Crippen LogP contribution is 2.15. The standard InChI is InChI=1S/C11H14FNO5S/c1-7(6-14)5-13-19(17,18)8-2-3-10(12)9(4-8)11(15)16/h2-4,7,13-14H,5-6H2,1H3,(H,15,16). The molecule has 0 fully saturated rings. The lowest BCUT2D eigenvalue weighted by Gasteiger charge is -2.11. The normalized spacial score (nSPS) is 13.2. The van der Waals surface area contributed by atoms with Gasteiger partial charge in [-0.2, -0.15) is 0 Å². The van der Waals surface area contributed by atoms with Crippen LogP contribution in [0.3, 0.4) is 0 Å². The molecule has 0 heterocycles. The highest BCUT2D eigenvalue weighted by molar-refractivity contribution is 7.89. The number of benzene rings is 1. The van der Waals surface area contributed by atoms with E-state index in [0.717, 1.165) is 18.2 Å². The summed E-state index contributed by atoms with van der Waals surface area (Å²) in [7, 11) is -3.93. The molecule has 1 aromatic carbocycles. The van der Waals surface area contributed by atoms with Gasteiger partial charge in [-0.15, -0.1) is 0 Å². The molecule has 0 aliphatic carbocycles. The number of aliphatic hydroxyl groups is 1. The van der Waals surface area contributed by atoms with E-state index in [9.17, 15) is 17.6 Å². The summed E-state index contributed by atoms with van der Waals surface area (Å²) < 4.78 is 39.0. The van der Waals surface area contributed by atoms with Crippen molar-refractivity contribution in [3.63, 3.8) is 0 Å². The number of aromatic carboxylic acids is 1. The van der Waals surface area contributed by atoms with Crippen LogP contribution in [0.15, 0.2) is 23.1 Å². The van der Waals surface area contributed by atoms with Crippen LogP contribution in [0.2, 0.25) is 0 Å². The molecule has 0 aliphatic heterocycles. The van der Waals surface area contributed by atoms with Gasteiger partial charge < -0.3 is 10.2 Å². The lowest BCUT2D eigenvalue weighted by molar-refractivity contribution is 0.0691. The molecule has 6 nitrogen and oxygen atoms in total. The minimum absolute atomic E-state index is 0.00137. The number of hydrogen-bond acceptors (Lipinski definition) is 4. The maximum atomic E-state index is 13.1. The van der Waals surface area contributed by atoms with Gasteiger partial charge in [0.1, 0.15) is 5.82 Å². The maximum absolute atomic E-state index is 13.1. The third kappa shape index (κ3) is 3.98. The first-order valence-corrected chi connectivity index (χ1v) is 6.89. The van der Waals surface area contributed by atoms with Gasteiger partial charge in [-0.3, -0.25) is 0 Å². The fraction of sp³-hybridized carbons (Fsp3) is 0.364. The van der Waals surface area contributed by atoms with Gasteiger partial charge in [0.05, 0.1) is 10.5 Å². The highest BCUT2D eigenvalue weighted by Gasteiger charge is 2.19. The summed E-state index contributed by atoms with van der Waals surface area (Å²) >= 11 is 0. The number of carbonyl (C=O) groups is 1. The Bertz CT molecular complexity index is 572. The number of aliphatic hydroxyl groups excluding tert-OH is 1. The van der Waals surface area contributed by atoms with Crippen molar-refractivity contribution in [2.45, 2.75) is 11.8 Å². The Morgan fingerprint density at radius 3 is 2.63 bits per heavy atom. The van der Waals surface area contributed by atoms with Crippen LogP contribution in [0, 0.1) is 11.7 Å². The number of rotatable bonds is 6. The minimum Gasteiger partial charge on any atom is -0.478 e. The quantitative estimate of drug-likeness (QED) is 0.705. The topological polar surface area (TPSA) is 104 Å². The Morgan fingerprint density at radius 2 is 2.11 bits per heavy atom. The lowest BCUT2D eigenvalue weighted by Crippen LogP contribution is -2.29. The van der Waals surface area contributed by atoms with Gasteiger partial charge in [0, 0.05) is 13.2 Å². The first-order valence-electron chi connectivity index (χ1n) is 5.41. The van der Waals surface area contributed by atoms with Crippen LogP contribution < -0.4 is 4.72 Å². The van der Waals surface area contributed by atoms with Crippen LogP contribution in [-0.4, -0.2) is 37.8 Å². The van der Waals surface area contributed by atoms with Crippen LogP contribution in [0.25, 0.3) is 0 Å². The molecule has 3 N–H and O–H groups in total. The van der Waals surface area contributed by atoms with E-state index in [1.165, 1.54) is 0 Å². The lowest BCUT2D eigenvalue weighted by atomic mass is 10.2. The van der Waals surface area contributed by atoms with Gasteiger partial charge >= 0.3 is 5.97 Å². The van der Waals surface area contributed by atoms with Crippen LogP contribution in [0.1, 0.15) is 17.3 Å². The van der Waals surface area contributed by atoms with Crippen molar-refractivity contribution in [2.75, 3.05) is 13.2 Å². The van der Waals surface area contributed by atoms with Crippen molar-refractivity contribution < 1.29 is 27.8 Å². The van der Waals surface area contributed by atoms with E-state index >= 15 is 0 Å². The van der Waals surface area contributed by atoms with Crippen LogP contribution in [0.5, 0.6) is 0 Å². The fourth-order valence-electron chi connectivity index (χ4n) is 1.24. The van der Waals surface area contributed by atoms with Crippen molar-refractivity contribution in [1.82, 2.24) is 4.72 Å². The summed E-state index contributed by atoms with van der Waals surface area (Å²) in [5.74, 6) is -2.83. The first-order chi connectivity index (χ1) is 8.77. The Kier molecular flexibility index (Phi) is 4.98. The van der Waals surface area contributed by atoms with Gasteiger partial charge in [0.2, 0.25) is 10.0 Å². The molecule has 0 bridgehead atoms. The molecule has 0 saturated carbocycles. The molecule has 1 atom stereocenters. The molecule has 0 radical (unpaired) electrons. The molecule has 1 aromatic rings. The molecular weight excluding hydrogens is 277 g/mol. The van der Waals surface area contributed by atoms with E-state index in [1.807, 2.05) is 0 Å². The number of hydrogen-bond donors (Lipinski definition) is 3. The predicted molar refractivity (Wildman–Crippen MR) is 64.8 cm³/mol. The number of carboxylic acids is 1. The monoisotopic (exact) mass is 291 g/mol. The Morgan fingerprint density at radius 1 is 1.47 bits per heavy atom. The highest BCUT2D eigenvalue weighted by atomic mass is 32.2. The van der Waals surface area contributed by atoms with Gasteiger partial charge in [0.25, 0.3) is 0 Å². The number of carboxylic acid groups (broad SMARTS) is 1. The Balaban J connectivity index is 3.02. The second-order valence-electron chi connectivity index (χ2n) is 4.09. The zero-order chi connectivity index (χ0) is 14.6. The van der Waals surface area contributed by atoms with Crippen molar-refractivity contribution in [3.8, 4) is 0 Å². The molecule has 0 saturated heterocycles. The van der Waals surface area contributed by atoms with Crippen molar-refractivity contribution in [2.24, 2.45) is 5.92 Å². The second kappa shape index (κ2) is 6.09. The molecule has 1 unspecified atom stereocenters. The predicted octanol–water partition coefficient (Wildman–Crippen LogP) is 0.431. The summed E-state index contributed by atoms with van der Waals surface area (Å²) in [6.07, 6.45) is 0. The van der Waals surface area contributed by atoms with Gasteiger partial charge in [0.15, 0.2) is 0 Å². The molecule has 106 valence electrons. The second-order valence-corrected chi connectivity index (χ2v) is 5.85. The van der Waals surface area contributed by atoms with Crippen LogP contribution in [-0.2, 0) is 10.0 Å². The van der Waals surface area contributed by atoms with Gasteiger partial charge in [-0.1, -0.05) is 6.92 Å². The zero-order valence-electron chi connectivity index (χ0n) is 10.1. The fourth-order valence-corrected chi connectivity index (χ4v) is 2.43. The molecule has 0 aliphatic rings. The smallest absolute Gasteiger partial charge is 0.338 e. The molecule has 0 aromatic heterocycles. The van der Waals surface area contributed by atoms with E-state index in [4.69, 9.17) is 10.2 Å². The third-order valence-electron chi connectivity index (χ3n) is 2.41. The molecule has 1 rings (SSSR count).